The van der Waals surface area contributed by atoms with Crippen LogP contribution >= 0.6 is 0 Å². The Morgan fingerprint density at radius 2 is 2.22 bits per heavy atom. The van der Waals surface area contributed by atoms with E-state index in [0.29, 0.717) is 12.6 Å². The lowest BCUT2D eigenvalue weighted by atomic mass is 10.1. The summed E-state index contributed by atoms with van der Waals surface area (Å²) in [6.07, 6.45) is 5.09. The number of furan rings is 1. The second-order valence-corrected chi connectivity index (χ2v) is 4.73. The van der Waals surface area contributed by atoms with Gasteiger partial charge in [-0.15, -0.1) is 0 Å². The van der Waals surface area contributed by atoms with E-state index in [2.05, 4.69) is 24.5 Å². The van der Waals surface area contributed by atoms with Crippen LogP contribution in [0.15, 0.2) is 22.8 Å². The average molecular weight is 252 g/mol. The summed E-state index contributed by atoms with van der Waals surface area (Å²) in [7, 11) is 0. The van der Waals surface area contributed by atoms with Gasteiger partial charge in [-0.05, 0) is 32.4 Å². The van der Waals surface area contributed by atoms with Crippen LogP contribution in [0.4, 0.5) is 0 Å². The van der Waals surface area contributed by atoms with Crippen LogP contribution in [-0.2, 0) is 11.3 Å². The van der Waals surface area contributed by atoms with Crippen LogP contribution in [0.3, 0.4) is 0 Å². The second kappa shape index (κ2) is 7.93. The van der Waals surface area contributed by atoms with Gasteiger partial charge in [0, 0.05) is 6.04 Å². The topological polar surface area (TPSA) is 54.3 Å². The number of carbonyl (C=O) groups is 1. The summed E-state index contributed by atoms with van der Waals surface area (Å²) in [5, 5.41) is 6.15. The minimum atomic E-state index is -0.174. The van der Waals surface area contributed by atoms with Crippen LogP contribution in [0.1, 0.15) is 45.8 Å². The quantitative estimate of drug-likeness (QED) is 0.747. The smallest absolute Gasteiger partial charge is 0.237 e. The highest BCUT2D eigenvalue weighted by molar-refractivity contribution is 5.81. The molecular formula is C14H24N2O2. The molecule has 1 amide bonds. The van der Waals surface area contributed by atoms with Crippen molar-refractivity contribution in [3.05, 3.63) is 24.2 Å². The standard InChI is InChI=1S/C14H24N2O2/c1-4-5-7-11(2)16-12(3)14(17)15-10-13-8-6-9-18-13/h6,8-9,11-12,16H,4-5,7,10H2,1-3H3,(H,15,17). The molecule has 0 aliphatic heterocycles. The molecule has 1 rings (SSSR count). The molecule has 0 spiro atoms. The van der Waals surface area contributed by atoms with Gasteiger partial charge in [-0.25, -0.2) is 0 Å². The Morgan fingerprint density at radius 1 is 1.44 bits per heavy atom. The van der Waals surface area contributed by atoms with Crippen molar-refractivity contribution >= 4 is 5.91 Å². The molecule has 4 nitrogen and oxygen atoms in total. The van der Waals surface area contributed by atoms with E-state index in [0.717, 1.165) is 12.2 Å². The number of carbonyl (C=O) groups excluding carboxylic acids is 1. The zero-order valence-electron chi connectivity index (χ0n) is 11.5. The Bertz CT molecular complexity index is 336. The molecule has 0 saturated carbocycles. The Morgan fingerprint density at radius 3 is 2.83 bits per heavy atom. The predicted molar refractivity (Wildman–Crippen MR) is 72.1 cm³/mol. The lowest BCUT2D eigenvalue weighted by molar-refractivity contribution is -0.123. The van der Waals surface area contributed by atoms with Crippen molar-refractivity contribution in [2.75, 3.05) is 0 Å². The van der Waals surface area contributed by atoms with Gasteiger partial charge in [-0.1, -0.05) is 19.8 Å². The molecule has 0 aromatic carbocycles. The van der Waals surface area contributed by atoms with Crippen LogP contribution in [0.25, 0.3) is 0 Å². The summed E-state index contributed by atoms with van der Waals surface area (Å²) in [4.78, 5) is 11.8. The first-order chi connectivity index (χ1) is 8.63. The summed E-state index contributed by atoms with van der Waals surface area (Å²) in [5.74, 6) is 0.782. The number of hydrogen-bond donors (Lipinski definition) is 2. The molecule has 102 valence electrons. The van der Waals surface area contributed by atoms with Crippen molar-refractivity contribution in [2.45, 2.75) is 58.7 Å². The zero-order valence-corrected chi connectivity index (χ0v) is 11.5. The van der Waals surface area contributed by atoms with Gasteiger partial charge in [0.15, 0.2) is 0 Å². The lowest BCUT2D eigenvalue weighted by Gasteiger charge is -2.19. The molecule has 0 aliphatic rings. The highest BCUT2D eigenvalue weighted by atomic mass is 16.3. The van der Waals surface area contributed by atoms with Crippen molar-refractivity contribution in [3.63, 3.8) is 0 Å². The molecule has 2 atom stereocenters. The van der Waals surface area contributed by atoms with Crippen molar-refractivity contribution < 1.29 is 9.21 Å². The highest BCUT2D eigenvalue weighted by Crippen LogP contribution is 2.02. The van der Waals surface area contributed by atoms with Crippen molar-refractivity contribution in [1.82, 2.24) is 10.6 Å². The highest BCUT2D eigenvalue weighted by Gasteiger charge is 2.14. The summed E-state index contributed by atoms with van der Waals surface area (Å²) in [6.45, 7) is 6.62. The van der Waals surface area contributed by atoms with Gasteiger partial charge < -0.3 is 15.1 Å². The molecule has 0 radical (unpaired) electrons. The summed E-state index contributed by atoms with van der Waals surface area (Å²) in [6, 6.07) is 3.86. The van der Waals surface area contributed by atoms with E-state index < -0.39 is 0 Å². The van der Waals surface area contributed by atoms with Crippen molar-refractivity contribution in [1.29, 1.82) is 0 Å². The van der Waals surface area contributed by atoms with Gasteiger partial charge in [0.25, 0.3) is 0 Å². The van der Waals surface area contributed by atoms with Gasteiger partial charge in [0.2, 0.25) is 5.91 Å². The fourth-order valence-electron chi connectivity index (χ4n) is 1.84. The lowest BCUT2D eigenvalue weighted by Crippen LogP contribution is -2.45. The predicted octanol–water partition coefficient (Wildman–Crippen LogP) is 2.45. The minimum Gasteiger partial charge on any atom is -0.467 e. The maximum absolute atomic E-state index is 11.8. The van der Waals surface area contributed by atoms with Gasteiger partial charge in [0.1, 0.15) is 5.76 Å². The van der Waals surface area contributed by atoms with E-state index in [1.165, 1.54) is 12.8 Å². The maximum atomic E-state index is 11.8. The van der Waals surface area contributed by atoms with Crippen LogP contribution in [0, 0.1) is 0 Å². The fourth-order valence-corrected chi connectivity index (χ4v) is 1.84. The number of nitrogens with one attached hydrogen (secondary N) is 2. The number of unbranched alkanes of at least 4 members (excludes halogenated alkanes) is 1. The first-order valence-corrected chi connectivity index (χ1v) is 6.69. The first-order valence-electron chi connectivity index (χ1n) is 6.69. The molecule has 18 heavy (non-hydrogen) atoms. The monoisotopic (exact) mass is 252 g/mol. The third kappa shape index (κ3) is 5.36. The van der Waals surface area contributed by atoms with E-state index in [1.807, 2.05) is 19.1 Å². The molecule has 1 aromatic rings. The van der Waals surface area contributed by atoms with Crippen LogP contribution in [-0.4, -0.2) is 18.0 Å². The molecule has 1 aromatic heterocycles. The van der Waals surface area contributed by atoms with Crippen LogP contribution in [0.2, 0.25) is 0 Å². The Kier molecular flexibility index (Phi) is 6.50. The number of rotatable bonds is 8. The Balaban J connectivity index is 2.23. The van der Waals surface area contributed by atoms with E-state index in [4.69, 9.17) is 4.42 Å². The molecular weight excluding hydrogens is 228 g/mol. The molecule has 0 fully saturated rings. The molecule has 2 N–H and O–H groups in total. The largest absolute Gasteiger partial charge is 0.467 e. The van der Waals surface area contributed by atoms with Gasteiger partial charge in [-0.3, -0.25) is 4.79 Å². The molecule has 2 unspecified atom stereocenters. The van der Waals surface area contributed by atoms with Crippen molar-refractivity contribution in [2.24, 2.45) is 0 Å². The van der Waals surface area contributed by atoms with Gasteiger partial charge in [0.05, 0.1) is 18.8 Å². The van der Waals surface area contributed by atoms with Crippen molar-refractivity contribution in [3.8, 4) is 0 Å². The van der Waals surface area contributed by atoms with E-state index in [9.17, 15) is 4.79 Å². The summed E-state index contributed by atoms with van der Waals surface area (Å²) < 4.78 is 5.16. The van der Waals surface area contributed by atoms with E-state index >= 15 is 0 Å². The van der Waals surface area contributed by atoms with Gasteiger partial charge >= 0.3 is 0 Å². The molecule has 0 saturated heterocycles. The number of amides is 1. The summed E-state index contributed by atoms with van der Waals surface area (Å²) in [5.41, 5.74) is 0. The first kappa shape index (κ1) is 14.8. The molecule has 0 bridgehead atoms. The van der Waals surface area contributed by atoms with Crippen LogP contribution in [0.5, 0.6) is 0 Å². The Hall–Kier alpha value is -1.29. The van der Waals surface area contributed by atoms with Crippen LogP contribution < -0.4 is 10.6 Å². The molecule has 1 heterocycles. The van der Waals surface area contributed by atoms with Gasteiger partial charge in [-0.2, -0.15) is 0 Å². The van der Waals surface area contributed by atoms with E-state index in [-0.39, 0.29) is 11.9 Å². The molecule has 4 heteroatoms. The SMILES string of the molecule is CCCCC(C)NC(C)C(=O)NCc1ccco1. The zero-order chi connectivity index (χ0) is 13.4. The van der Waals surface area contributed by atoms with E-state index in [1.54, 1.807) is 6.26 Å². The third-order valence-corrected chi connectivity index (χ3v) is 2.94. The second-order valence-electron chi connectivity index (χ2n) is 4.73. The third-order valence-electron chi connectivity index (χ3n) is 2.94. The summed E-state index contributed by atoms with van der Waals surface area (Å²) >= 11 is 0. The average Bonchev–Trinajstić information content (AvgIpc) is 2.86. The fraction of sp³-hybridized carbons (Fsp3) is 0.643. The number of hydrogen-bond acceptors (Lipinski definition) is 3. The Labute approximate surface area is 109 Å². The minimum absolute atomic E-state index is 0.00903. The molecule has 0 aliphatic carbocycles. The normalized spacial score (nSPS) is 14.2. The maximum Gasteiger partial charge on any atom is 0.237 e.